The van der Waals surface area contributed by atoms with Crippen molar-refractivity contribution in [3.05, 3.63) is 59.7 Å². The Morgan fingerprint density at radius 1 is 1.14 bits per heavy atom. The van der Waals surface area contributed by atoms with E-state index in [0.717, 1.165) is 17.5 Å². The van der Waals surface area contributed by atoms with Crippen molar-refractivity contribution in [3.63, 3.8) is 0 Å². The van der Waals surface area contributed by atoms with E-state index in [-0.39, 0.29) is 11.6 Å². The lowest BCUT2D eigenvalue weighted by molar-refractivity contribution is 0.100. The van der Waals surface area contributed by atoms with Crippen LogP contribution in [0.4, 0.5) is 0 Å². The number of guanidine groups is 1. The van der Waals surface area contributed by atoms with Gasteiger partial charge in [0.25, 0.3) is 5.91 Å². The van der Waals surface area contributed by atoms with Crippen LogP contribution in [0.25, 0.3) is 22.2 Å². The quantitative estimate of drug-likeness (QED) is 0.502. The van der Waals surface area contributed by atoms with Gasteiger partial charge in [-0.05, 0) is 57.0 Å². The minimum atomic E-state index is -0.515. The van der Waals surface area contributed by atoms with E-state index in [9.17, 15) is 4.79 Å². The summed E-state index contributed by atoms with van der Waals surface area (Å²) in [6, 6.07) is 15.1. The van der Waals surface area contributed by atoms with Crippen LogP contribution in [0, 0.1) is 6.92 Å². The van der Waals surface area contributed by atoms with E-state index in [2.05, 4.69) is 11.9 Å². The van der Waals surface area contributed by atoms with Gasteiger partial charge < -0.3 is 16.2 Å². The van der Waals surface area contributed by atoms with Gasteiger partial charge in [0.1, 0.15) is 11.4 Å². The van der Waals surface area contributed by atoms with Crippen LogP contribution >= 0.6 is 0 Å². The van der Waals surface area contributed by atoms with Crippen LogP contribution in [0.2, 0.25) is 0 Å². The first-order valence-corrected chi connectivity index (χ1v) is 9.54. The lowest BCUT2D eigenvalue weighted by atomic mass is 10.0. The summed E-state index contributed by atoms with van der Waals surface area (Å²) in [6.45, 7) is 8.09. The summed E-state index contributed by atoms with van der Waals surface area (Å²) in [7, 11) is 0. The molecule has 0 saturated carbocycles. The van der Waals surface area contributed by atoms with E-state index in [1.54, 1.807) is 6.07 Å². The highest BCUT2D eigenvalue weighted by molar-refractivity contribution is 6.11. The van der Waals surface area contributed by atoms with Crippen molar-refractivity contribution >= 4 is 22.8 Å². The Labute approximate surface area is 170 Å². The molecule has 0 aliphatic rings. The molecule has 0 atom stereocenters. The molecule has 3 rings (SSSR count). The van der Waals surface area contributed by atoms with Crippen LogP contribution in [-0.2, 0) is 0 Å². The van der Waals surface area contributed by atoms with Crippen molar-refractivity contribution in [2.75, 3.05) is 0 Å². The number of ether oxygens (including phenoxy) is 1. The molecule has 29 heavy (non-hydrogen) atoms. The van der Waals surface area contributed by atoms with Gasteiger partial charge in [-0.1, -0.05) is 31.2 Å². The lowest BCUT2D eigenvalue weighted by Gasteiger charge is -2.25. The molecule has 0 bridgehead atoms. The second-order valence-corrected chi connectivity index (χ2v) is 7.61. The predicted molar refractivity (Wildman–Crippen MR) is 117 cm³/mol. The molecule has 0 aliphatic carbocycles. The molecule has 1 aromatic heterocycles. The van der Waals surface area contributed by atoms with Crippen LogP contribution in [0.15, 0.2) is 53.5 Å². The van der Waals surface area contributed by atoms with Crippen molar-refractivity contribution in [3.8, 4) is 17.0 Å². The van der Waals surface area contributed by atoms with Gasteiger partial charge in [-0.2, -0.15) is 4.99 Å². The lowest BCUT2D eigenvalue weighted by Crippen LogP contribution is -2.26. The summed E-state index contributed by atoms with van der Waals surface area (Å²) in [4.78, 5) is 21.3. The SMILES string of the molecule is CCC(C)(C)Oc1ccc2nc(-c3ccccc3C)cc(C(=O)N=C(N)N)c2c1. The number of aryl methyl sites for hydroxylation is 1. The maximum atomic E-state index is 12.8. The zero-order chi connectivity index (χ0) is 21.2. The first kappa shape index (κ1) is 20.3. The van der Waals surface area contributed by atoms with Crippen LogP contribution in [-0.4, -0.2) is 22.5 Å². The fourth-order valence-corrected chi connectivity index (χ4v) is 3.01. The number of rotatable bonds is 5. The number of aliphatic imine (C=N–C) groups is 1. The monoisotopic (exact) mass is 390 g/mol. The van der Waals surface area contributed by atoms with E-state index < -0.39 is 5.91 Å². The minimum absolute atomic E-state index is 0.281. The molecular weight excluding hydrogens is 364 g/mol. The molecule has 4 N–H and O–H groups in total. The maximum absolute atomic E-state index is 12.8. The smallest absolute Gasteiger partial charge is 0.280 e. The summed E-state index contributed by atoms with van der Waals surface area (Å²) in [5, 5.41) is 0.640. The van der Waals surface area contributed by atoms with Crippen LogP contribution in [0.3, 0.4) is 0 Å². The molecule has 0 aliphatic heterocycles. The van der Waals surface area contributed by atoms with E-state index in [1.165, 1.54) is 0 Å². The number of carbonyl (C=O) groups excluding carboxylic acids is 1. The number of hydrogen-bond donors (Lipinski definition) is 2. The summed E-state index contributed by atoms with van der Waals surface area (Å²) < 4.78 is 6.08. The fraction of sp³-hybridized carbons (Fsp3) is 0.261. The second-order valence-electron chi connectivity index (χ2n) is 7.61. The molecule has 0 unspecified atom stereocenters. The molecule has 3 aromatic rings. The molecule has 1 amide bonds. The highest BCUT2D eigenvalue weighted by atomic mass is 16.5. The molecule has 6 heteroatoms. The number of fused-ring (bicyclic) bond motifs is 1. The van der Waals surface area contributed by atoms with E-state index >= 15 is 0 Å². The number of nitrogens with two attached hydrogens (primary N) is 2. The third-order valence-corrected chi connectivity index (χ3v) is 4.91. The molecular formula is C23H26N4O2. The predicted octanol–water partition coefficient (Wildman–Crippen LogP) is 4.19. The van der Waals surface area contributed by atoms with Crippen molar-refractivity contribution in [1.29, 1.82) is 0 Å². The Morgan fingerprint density at radius 2 is 1.86 bits per heavy atom. The molecule has 0 spiro atoms. The molecule has 150 valence electrons. The zero-order valence-corrected chi connectivity index (χ0v) is 17.2. The summed E-state index contributed by atoms with van der Waals surface area (Å²) in [6.07, 6.45) is 0.843. The van der Waals surface area contributed by atoms with Crippen molar-refractivity contribution in [2.24, 2.45) is 16.5 Å². The van der Waals surface area contributed by atoms with Crippen molar-refractivity contribution in [1.82, 2.24) is 4.98 Å². The molecule has 0 radical (unpaired) electrons. The average Bonchev–Trinajstić information content (AvgIpc) is 2.66. The molecule has 1 heterocycles. The standard InChI is InChI=1S/C23H26N4O2/c1-5-23(3,4)29-15-10-11-19-17(12-15)18(21(28)27-22(24)25)13-20(26-19)16-9-7-6-8-14(16)2/h6-13H,5H2,1-4H3,(H4,24,25,27,28). The minimum Gasteiger partial charge on any atom is -0.488 e. The highest BCUT2D eigenvalue weighted by Gasteiger charge is 2.19. The Hall–Kier alpha value is -3.41. The molecule has 0 saturated heterocycles. The zero-order valence-electron chi connectivity index (χ0n) is 17.2. The third kappa shape index (κ3) is 4.54. The van der Waals surface area contributed by atoms with Gasteiger partial charge in [0, 0.05) is 10.9 Å². The normalized spacial score (nSPS) is 11.3. The topological polar surface area (TPSA) is 104 Å². The highest BCUT2D eigenvalue weighted by Crippen LogP contribution is 2.31. The second kappa shape index (κ2) is 7.91. The molecule has 2 aromatic carbocycles. The first-order valence-electron chi connectivity index (χ1n) is 9.54. The van der Waals surface area contributed by atoms with Crippen LogP contribution in [0.5, 0.6) is 5.75 Å². The summed E-state index contributed by atoms with van der Waals surface area (Å²) in [5.74, 6) is -0.135. The number of carbonyl (C=O) groups is 1. The van der Waals surface area contributed by atoms with E-state index in [0.29, 0.717) is 27.9 Å². The van der Waals surface area contributed by atoms with Gasteiger partial charge >= 0.3 is 0 Å². The first-order chi connectivity index (χ1) is 13.7. The summed E-state index contributed by atoms with van der Waals surface area (Å²) in [5.41, 5.74) is 14.3. The van der Waals surface area contributed by atoms with Gasteiger partial charge in [0.15, 0.2) is 5.96 Å². The van der Waals surface area contributed by atoms with E-state index in [4.69, 9.17) is 21.2 Å². The number of benzene rings is 2. The van der Waals surface area contributed by atoms with Gasteiger partial charge in [0.2, 0.25) is 0 Å². The van der Waals surface area contributed by atoms with Crippen molar-refractivity contribution in [2.45, 2.75) is 39.7 Å². The summed E-state index contributed by atoms with van der Waals surface area (Å²) >= 11 is 0. The van der Waals surface area contributed by atoms with Gasteiger partial charge in [-0.15, -0.1) is 0 Å². The van der Waals surface area contributed by atoms with Crippen LogP contribution in [0.1, 0.15) is 43.1 Å². The van der Waals surface area contributed by atoms with E-state index in [1.807, 2.05) is 63.2 Å². The Morgan fingerprint density at radius 3 is 2.52 bits per heavy atom. The molecule has 6 nitrogen and oxygen atoms in total. The maximum Gasteiger partial charge on any atom is 0.280 e. The molecule has 0 fully saturated rings. The third-order valence-electron chi connectivity index (χ3n) is 4.91. The fourth-order valence-electron chi connectivity index (χ4n) is 3.01. The number of hydrogen-bond acceptors (Lipinski definition) is 3. The Balaban J connectivity index is 2.22. The Kier molecular flexibility index (Phi) is 5.55. The number of nitrogens with zero attached hydrogens (tertiary/aromatic N) is 2. The van der Waals surface area contributed by atoms with Gasteiger partial charge in [-0.3, -0.25) is 4.79 Å². The largest absolute Gasteiger partial charge is 0.488 e. The van der Waals surface area contributed by atoms with Crippen LogP contribution < -0.4 is 16.2 Å². The average molecular weight is 390 g/mol. The number of pyridine rings is 1. The van der Waals surface area contributed by atoms with Crippen molar-refractivity contribution < 1.29 is 9.53 Å². The number of amides is 1. The Bertz CT molecular complexity index is 1100. The van der Waals surface area contributed by atoms with Gasteiger partial charge in [-0.25, -0.2) is 4.98 Å². The van der Waals surface area contributed by atoms with Gasteiger partial charge in [0.05, 0.1) is 16.8 Å². The number of aromatic nitrogens is 1.